The van der Waals surface area contributed by atoms with E-state index in [9.17, 15) is 0 Å². The molecular formula is C13H15N2. The lowest BCUT2D eigenvalue weighted by atomic mass is 10.1. The molecule has 2 rings (SSSR count). The summed E-state index contributed by atoms with van der Waals surface area (Å²) >= 11 is 0. The minimum absolute atomic E-state index is 0.933. The highest BCUT2D eigenvalue weighted by Crippen LogP contribution is 2.18. The van der Waals surface area contributed by atoms with Crippen LogP contribution in [0, 0.1) is 6.92 Å². The molecule has 15 heavy (non-hydrogen) atoms. The fraction of sp³-hybridized carbons (Fsp3) is 0.308. The molecule has 1 heterocycles. The molecule has 0 spiro atoms. The molecule has 1 aromatic carbocycles. The van der Waals surface area contributed by atoms with Crippen molar-refractivity contribution >= 4 is 10.9 Å². The Morgan fingerprint density at radius 3 is 2.80 bits per heavy atom. The number of fused-ring (bicyclic) bond motifs is 1. The fourth-order valence-electron chi connectivity index (χ4n) is 1.69. The molecule has 2 nitrogen and oxygen atoms in total. The summed E-state index contributed by atoms with van der Waals surface area (Å²) in [6.45, 7) is 6.28. The minimum atomic E-state index is 0.933. The van der Waals surface area contributed by atoms with Crippen LogP contribution in [-0.4, -0.2) is 10.2 Å². The van der Waals surface area contributed by atoms with Crippen LogP contribution in [0.1, 0.15) is 31.0 Å². The zero-order chi connectivity index (χ0) is 10.7. The van der Waals surface area contributed by atoms with Crippen molar-refractivity contribution < 1.29 is 0 Å². The summed E-state index contributed by atoms with van der Waals surface area (Å²) in [5, 5.41) is 9.56. The van der Waals surface area contributed by atoms with Gasteiger partial charge in [-0.05, 0) is 31.4 Å². The van der Waals surface area contributed by atoms with Crippen molar-refractivity contribution in [2.75, 3.05) is 0 Å². The van der Waals surface area contributed by atoms with Crippen molar-refractivity contribution in [2.45, 2.75) is 26.2 Å². The topological polar surface area (TPSA) is 25.8 Å². The van der Waals surface area contributed by atoms with Gasteiger partial charge in [0.25, 0.3) is 0 Å². The standard InChI is InChI=1S/C13H15N2/c1-3-4-8-12-10(2)11-7-5-6-9-13(11)15-14-12/h5-7,9H,2-4,8H2,1H3. The van der Waals surface area contributed by atoms with E-state index in [-0.39, 0.29) is 0 Å². The van der Waals surface area contributed by atoms with Gasteiger partial charge in [0.05, 0.1) is 11.2 Å². The Bertz CT molecular complexity index is 463. The molecule has 77 valence electrons. The van der Waals surface area contributed by atoms with E-state index in [2.05, 4.69) is 30.1 Å². The summed E-state index contributed by atoms with van der Waals surface area (Å²) in [4.78, 5) is 0. The van der Waals surface area contributed by atoms with Gasteiger partial charge in [0.1, 0.15) is 0 Å². The van der Waals surface area contributed by atoms with Gasteiger partial charge in [-0.15, -0.1) is 0 Å². The number of benzene rings is 1. The van der Waals surface area contributed by atoms with Crippen molar-refractivity contribution in [3.05, 3.63) is 42.4 Å². The van der Waals surface area contributed by atoms with Crippen LogP contribution in [0.5, 0.6) is 0 Å². The molecule has 0 unspecified atom stereocenters. The van der Waals surface area contributed by atoms with E-state index >= 15 is 0 Å². The Kier molecular flexibility index (Phi) is 2.95. The Hall–Kier alpha value is -1.44. The maximum Gasteiger partial charge on any atom is 0.0932 e. The smallest absolute Gasteiger partial charge is 0.0932 e. The van der Waals surface area contributed by atoms with Gasteiger partial charge in [0.2, 0.25) is 0 Å². The van der Waals surface area contributed by atoms with Crippen LogP contribution < -0.4 is 0 Å². The fourth-order valence-corrected chi connectivity index (χ4v) is 1.69. The van der Waals surface area contributed by atoms with Crippen LogP contribution >= 0.6 is 0 Å². The number of rotatable bonds is 3. The molecule has 0 atom stereocenters. The summed E-state index contributed by atoms with van der Waals surface area (Å²) in [5.74, 6) is 0. The van der Waals surface area contributed by atoms with Crippen LogP contribution in [0.25, 0.3) is 10.9 Å². The number of aryl methyl sites for hydroxylation is 1. The average Bonchev–Trinajstić information content (AvgIpc) is 2.29. The van der Waals surface area contributed by atoms with Gasteiger partial charge in [0, 0.05) is 5.39 Å². The van der Waals surface area contributed by atoms with Crippen molar-refractivity contribution in [2.24, 2.45) is 0 Å². The second-order valence-corrected chi connectivity index (χ2v) is 3.75. The van der Waals surface area contributed by atoms with E-state index in [1.807, 2.05) is 18.2 Å². The minimum Gasteiger partial charge on any atom is -0.155 e. The van der Waals surface area contributed by atoms with Crippen LogP contribution in [0.3, 0.4) is 0 Å². The second kappa shape index (κ2) is 4.39. The van der Waals surface area contributed by atoms with Gasteiger partial charge < -0.3 is 0 Å². The highest BCUT2D eigenvalue weighted by atomic mass is 15.1. The summed E-state index contributed by atoms with van der Waals surface area (Å²) in [6.07, 6.45) is 3.30. The van der Waals surface area contributed by atoms with E-state index in [0.717, 1.165) is 35.0 Å². The third-order valence-electron chi connectivity index (χ3n) is 2.62. The lowest BCUT2D eigenvalue weighted by Gasteiger charge is -2.05. The molecule has 0 amide bonds. The quantitative estimate of drug-likeness (QED) is 0.758. The first-order valence-electron chi connectivity index (χ1n) is 5.39. The maximum atomic E-state index is 4.23. The van der Waals surface area contributed by atoms with E-state index in [4.69, 9.17) is 0 Å². The zero-order valence-corrected chi connectivity index (χ0v) is 9.03. The predicted molar refractivity (Wildman–Crippen MR) is 62.6 cm³/mol. The van der Waals surface area contributed by atoms with Gasteiger partial charge in [-0.3, -0.25) is 0 Å². The molecule has 1 aromatic heterocycles. The Labute approximate surface area is 90.3 Å². The first-order valence-corrected chi connectivity index (χ1v) is 5.39. The summed E-state index contributed by atoms with van der Waals surface area (Å²) in [6, 6.07) is 8.02. The third-order valence-corrected chi connectivity index (χ3v) is 2.62. The molecule has 0 saturated carbocycles. The van der Waals surface area contributed by atoms with E-state index in [1.165, 1.54) is 6.42 Å². The molecule has 0 aliphatic carbocycles. The molecular weight excluding hydrogens is 184 g/mol. The number of unbranched alkanes of at least 4 members (excludes halogenated alkanes) is 1. The number of nitrogens with zero attached hydrogens (tertiary/aromatic N) is 2. The largest absolute Gasteiger partial charge is 0.155 e. The van der Waals surface area contributed by atoms with Crippen molar-refractivity contribution in [3.63, 3.8) is 0 Å². The monoisotopic (exact) mass is 199 g/mol. The first kappa shape index (κ1) is 10.1. The highest BCUT2D eigenvalue weighted by molar-refractivity contribution is 5.82. The third kappa shape index (κ3) is 1.99. The zero-order valence-electron chi connectivity index (χ0n) is 9.03. The molecule has 2 aromatic rings. The normalized spacial score (nSPS) is 10.8. The lowest BCUT2D eigenvalue weighted by Crippen LogP contribution is -1.98. The molecule has 0 fully saturated rings. The van der Waals surface area contributed by atoms with Crippen molar-refractivity contribution in [1.29, 1.82) is 0 Å². The lowest BCUT2D eigenvalue weighted by molar-refractivity contribution is 0.761. The van der Waals surface area contributed by atoms with Gasteiger partial charge in [-0.25, -0.2) is 0 Å². The van der Waals surface area contributed by atoms with Gasteiger partial charge in [-0.1, -0.05) is 31.5 Å². The molecule has 0 aliphatic rings. The Balaban J connectivity index is 2.45. The van der Waals surface area contributed by atoms with E-state index < -0.39 is 0 Å². The van der Waals surface area contributed by atoms with Gasteiger partial charge in [-0.2, -0.15) is 10.2 Å². The van der Waals surface area contributed by atoms with E-state index in [1.54, 1.807) is 0 Å². The number of hydrogen-bond donors (Lipinski definition) is 0. The predicted octanol–water partition coefficient (Wildman–Crippen LogP) is 3.15. The van der Waals surface area contributed by atoms with Crippen LogP contribution in [0.15, 0.2) is 24.3 Å². The number of hydrogen-bond acceptors (Lipinski definition) is 2. The van der Waals surface area contributed by atoms with Crippen LogP contribution in [0.2, 0.25) is 0 Å². The second-order valence-electron chi connectivity index (χ2n) is 3.75. The van der Waals surface area contributed by atoms with Gasteiger partial charge >= 0.3 is 0 Å². The van der Waals surface area contributed by atoms with Crippen molar-refractivity contribution in [3.8, 4) is 0 Å². The van der Waals surface area contributed by atoms with Gasteiger partial charge in [0.15, 0.2) is 0 Å². The molecule has 0 aliphatic heterocycles. The molecule has 0 saturated heterocycles. The molecule has 2 heteroatoms. The van der Waals surface area contributed by atoms with Crippen LogP contribution in [-0.2, 0) is 6.42 Å². The Morgan fingerprint density at radius 2 is 2.00 bits per heavy atom. The molecule has 1 radical (unpaired) electrons. The van der Waals surface area contributed by atoms with Crippen LogP contribution in [0.4, 0.5) is 0 Å². The summed E-state index contributed by atoms with van der Waals surface area (Å²) in [7, 11) is 0. The maximum absolute atomic E-state index is 4.23. The number of aromatic nitrogens is 2. The molecule has 0 N–H and O–H groups in total. The molecule has 0 bridgehead atoms. The highest BCUT2D eigenvalue weighted by Gasteiger charge is 2.05. The SMILES string of the molecule is [CH2]c1c(CCCC)nnc2ccccc12. The average molecular weight is 199 g/mol. The first-order chi connectivity index (χ1) is 7.33. The van der Waals surface area contributed by atoms with E-state index in [0.29, 0.717) is 0 Å². The summed E-state index contributed by atoms with van der Waals surface area (Å²) in [5.41, 5.74) is 3.01. The van der Waals surface area contributed by atoms with Crippen molar-refractivity contribution in [1.82, 2.24) is 10.2 Å². The summed E-state index contributed by atoms with van der Waals surface area (Å²) < 4.78 is 0. The Morgan fingerprint density at radius 1 is 1.20 bits per heavy atom.